The van der Waals surface area contributed by atoms with Gasteiger partial charge in [0, 0.05) is 0 Å². The van der Waals surface area contributed by atoms with Gasteiger partial charge < -0.3 is 21.3 Å². The zero-order chi connectivity index (χ0) is 13.1. The van der Waals surface area contributed by atoms with E-state index in [-0.39, 0.29) is 11.3 Å². The molecule has 0 aliphatic heterocycles. The molecule has 0 aliphatic rings. The second-order valence-electron chi connectivity index (χ2n) is 3.60. The van der Waals surface area contributed by atoms with Crippen molar-refractivity contribution in [2.75, 3.05) is 11.1 Å². The Bertz CT molecular complexity index is 582. The summed E-state index contributed by atoms with van der Waals surface area (Å²) in [5.74, 6) is -1.01. The van der Waals surface area contributed by atoms with Crippen molar-refractivity contribution in [1.29, 1.82) is 0 Å². The van der Waals surface area contributed by atoms with E-state index in [0.717, 1.165) is 0 Å². The third-order valence-corrected chi connectivity index (χ3v) is 2.30. The first-order chi connectivity index (χ1) is 8.58. The number of hydrogen-bond acceptors (Lipinski definition) is 5. The summed E-state index contributed by atoms with van der Waals surface area (Å²) in [6.07, 6.45) is 1.40. The van der Waals surface area contributed by atoms with Gasteiger partial charge in [0.25, 0.3) is 5.91 Å². The van der Waals surface area contributed by atoms with Crippen molar-refractivity contribution in [1.82, 2.24) is 4.98 Å². The van der Waals surface area contributed by atoms with E-state index in [1.807, 2.05) is 0 Å². The Morgan fingerprint density at radius 2 is 2.00 bits per heavy atom. The van der Waals surface area contributed by atoms with E-state index in [1.54, 1.807) is 6.07 Å². The van der Waals surface area contributed by atoms with Crippen LogP contribution in [0.1, 0.15) is 10.4 Å². The zero-order valence-corrected chi connectivity index (χ0v) is 9.29. The summed E-state index contributed by atoms with van der Waals surface area (Å²) in [5, 5.41) is 21.4. The molecule has 0 saturated heterocycles. The highest BCUT2D eigenvalue weighted by atomic mass is 16.3. The molecular weight excluding hydrogens is 234 g/mol. The number of nitrogens with two attached hydrogens (primary N) is 1. The first-order valence-electron chi connectivity index (χ1n) is 5.12. The SMILES string of the molecule is Nc1ccc(NC(=O)c2cccc(O)c2O)cn1. The largest absolute Gasteiger partial charge is 0.504 e. The molecule has 0 radical (unpaired) electrons. The molecule has 2 rings (SSSR count). The van der Waals surface area contributed by atoms with E-state index in [2.05, 4.69) is 10.3 Å². The van der Waals surface area contributed by atoms with E-state index in [1.165, 1.54) is 30.5 Å². The molecular formula is C12H11N3O3. The Labute approximate surface area is 103 Å². The van der Waals surface area contributed by atoms with Gasteiger partial charge in [0.05, 0.1) is 17.4 Å². The number of anilines is 2. The molecule has 2 aromatic rings. The molecule has 0 spiro atoms. The van der Waals surface area contributed by atoms with E-state index in [9.17, 15) is 15.0 Å². The summed E-state index contributed by atoms with van der Waals surface area (Å²) in [4.78, 5) is 15.6. The predicted molar refractivity (Wildman–Crippen MR) is 66.4 cm³/mol. The van der Waals surface area contributed by atoms with Crippen molar-refractivity contribution >= 4 is 17.4 Å². The number of aromatic nitrogens is 1. The van der Waals surface area contributed by atoms with Gasteiger partial charge in [-0.15, -0.1) is 0 Å². The number of aromatic hydroxyl groups is 2. The second-order valence-corrected chi connectivity index (χ2v) is 3.60. The molecule has 0 atom stereocenters. The quantitative estimate of drug-likeness (QED) is 0.597. The van der Waals surface area contributed by atoms with E-state index < -0.39 is 11.7 Å². The van der Waals surface area contributed by atoms with Gasteiger partial charge in [-0.3, -0.25) is 4.79 Å². The Hall–Kier alpha value is -2.76. The lowest BCUT2D eigenvalue weighted by atomic mass is 10.1. The van der Waals surface area contributed by atoms with Crippen molar-refractivity contribution in [3.8, 4) is 11.5 Å². The van der Waals surface area contributed by atoms with Crippen LogP contribution in [-0.4, -0.2) is 21.1 Å². The Morgan fingerprint density at radius 1 is 1.22 bits per heavy atom. The third-order valence-electron chi connectivity index (χ3n) is 2.30. The van der Waals surface area contributed by atoms with Crippen LogP contribution in [0.15, 0.2) is 36.5 Å². The van der Waals surface area contributed by atoms with Gasteiger partial charge in [-0.1, -0.05) is 6.07 Å². The number of phenols is 2. The second kappa shape index (κ2) is 4.62. The molecule has 6 nitrogen and oxygen atoms in total. The van der Waals surface area contributed by atoms with Gasteiger partial charge in [-0.25, -0.2) is 4.98 Å². The van der Waals surface area contributed by atoms with E-state index in [4.69, 9.17) is 5.73 Å². The number of nitrogens with one attached hydrogen (secondary N) is 1. The minimum atomic E-state index is -0.546. The number of amides is 1. The van der Waals surface area contributed by atoms with Crippen LogP contribution in [0, 0.1) is 0 Å². The van der Waals surface area contributed by atoms with Crippen LogP contribution in [0.5, 0.6) is 11.5 Å². The number of rotatable bonds is 2. The van der Waals surface area contributed by atoms with Gasteiger partial charge in [-0.2, -0.15) is 0 Å². The van der Waals surface area contributed by atoms with Crippen molar-refractivity contribution in [3.63, 3.8) is 0 Å². The number of phenolic OH excluding ortho intramolecular Hbond substituents is 2. The maximum absolute atomic E-state index is 11.8. The molecule has 1 aromatic carbocycles. The Kier molecular flexibility index (Phi) is 3.01. The topological polar surface area (TPSA) is 108 Å². The molecule has 18 heavy (non-hydrogen) atoms. The minimum absolute atomic E-state index is 0.0215. The molecule has 0 aliphatic carbocycles. The first-order valence-corrected chi connectivity index (χ1v) is 5.12. The number of pyridine rings is 1. The van der Waals surface area contributed by atoms with Crippen molar-refractivity contribution < 1.29 is 15.0 Å². The lowest BCUT2D eigenvalue weighted by molar-refractivity contribution is 0.102. The lowest BCUT2D eigenvalue weighted by Crippen LogP contribution is -2.12. The van der Waals surface area contributed by atoms with Gasteiger partial charge in [-0.05, 0) is 24.3 Å². The summed E-state index contributed by atoms with van der Waals surface area (Å²) < 4.78 is 0. The van der Waals surface area contributed by atoms with Crippen molar-refractivity contribution in [2.24, 2.45) is 0 Å². The van der Waals surface area contributed by atoms with Gasteiger partial charge in [0.15, 0.2) is 11.5 Å². The van der Waals surface area contributed by atoms with Crippen LogP contribution in [0.2, 0.25) is 0 Å². The van der Waals surface area contributed by atoms with Crippen LogP contribution in [0.4, 0.5) is 11.5 Å². The third kappa shape index (κ3) is 2.32. The average molecular weight is 245 g/mol. The standard InChI is InChI=1S/C12H11N3O3/c13-10-5-4-7(6-14-10)15-12(18)8-2-1-3-9(16)11(8)17/h1-6,16-17H,(H2,13,14)(H,15,18). The lowest BCUT2D eigenvalue weighted by Gasteiger charge is -2.07. The van der Waals surface area contributed by atoms with Crippen LogP contribution in [0.3, 0.4) is 0 Å². The minimum Gasteiger partial charge on any atom is -0.504 e. The molecule has 0 bridgehead atoms. The number of carbonyl (C=O) groups excluding carboxylic acids is 1. The number of nitrogens with zero attached hydrogens (tertiary/aromatic N) is 1. The first kappa shape index (κ1) is 11.7. The van der Waals surface area contributed by atoms with Crippen LogP contribution < -0.4 is 11.1 Å². The number of benzene rings is 1. The summed E-state index contributed by atoms with van der Waals surface area (Å²) in [7, 11) is 0. The van der Waals surface area contributed by atoms with E-state index >= 15 is 0 Å². The van der Waals surface area contributed by atoms with Gasteiger partial charge >= 0.3 is 0 Å². The zero-order valence-electron chi connectivity index (χ0n) is 9.29. The molecule has 0 saturated carbocycles. The van der Waals surface area contributed by atoms with Crippen LogP contribution in [0.25, 0.3) is 0 Å². The van der Waals surface area contributed by atoms with Crippen molar-refractivity contribution in [2.45, 2.75) is 0 Å². The summed E-state index contributed by atoms with van der Waals surface area (Å²) in [6, 6.07) is 7.27. The fourth-order valence-electron chi connectivity index (χ4n) is 1.39. The smallest absolute Gasteiger partial charge is 0.259 e. The molecule has 5 N–H and O–H groups in total. The molecule has 0 unspecified atom stereocenters. The Morgan fingerprint density at radius 3 is 2.67 bits per heavy atom. The van der Waals surface area contributed by atoms with Crippen molar-refractivity contribution in [3.05, 3.63) is 42.1 Å². The highest BCUT2D eigenvalue weighted by molar-refractivity contribution is 6.06. The molecule has 6 heteroatoms. The summed E-state index contributed by atoms with van der Waals surface area (Å²) in [6.45, 7) is 0. The average Bonchev–Trinajstić information content (AvgIpc) is 2.35. The van der Waals surface area contributed by atoms with Gasteiger partial charge in [0.2, 0.25) is 0 Å². The molecule has 1 amide bonds. The molecule has 0 fully saturated rings. The highest BCUT2D eigenvalue weighted by Gasteiger charge is 2.13. The van der Waals surface area contributed by atoms with E-state index in [0.29, 0.717) is 11.5 Å². The fraction of sp³-hybridized carbons (Fsp3) is 0. The summed E-state index contributed by atoms with van der Waals surface area (Å²) >= 11 is 0. The van der Waals surface area contributed by atoms with Crippen LogP contribution in [-0.2, 0) is 0 Å². The molecule has 1 heterocycles. The number of carbonyl (C=O) groups is 1. The number of para-hydroxylation sites is 1. The number of nitrogen functional groups attached to an aromatic ring is 1. The van der Waals surface area contributed by atoms with Gasteiger partial charge in [0.1, 0.15) is 5.82 Å². The number of hydrogen-bond donors (Lipinski definition) is 4. The maximum atomic E-state index is 11.8. The maximum Gasteiger partial charge on any atom is 0.259 e. The highest BCUT2D eigenvalue weighted by Crippen LogP contribution is 2.28. The molecule has 1 aromatic heterocycles. The monoisotopic (exact) mass is 245 g/mol. The predicted octanol–water partition coefficient (Wildman–Crippen LogP) is 1.33. The van der Waals surface area contributed by atoms with Crippen LogP contribution >= 0.6 is 0 Å². The fourth-order valence-corrected chi connectivity index (χ4v) is 1.39. The Balaban J connectivity index is 2.22. The molecule has 92 valence electrons. The normalized spacial score (nSPS) is 10.0. The summed E-state index contributed by atoms with van der Waals surface area (Å²) in [5.41, 5.74) is 5.84.